The predicted octanol–water partition coefficient (Wildman–Crippen LogP) is 2.98. The van der Waals surface area contributed by atoms with E-state index in [1.54, 1.807) is 13.1 Å². The number of hydrogen-bond acceptors (Lipinski definition) is 2. The maximum absolute atomic E-state index is 13.2. The average Bonchev–Trinajstić information content (AvgIpc) is 3.12. The number of aromatic nitrogens is 2. The Balaban J connectivity index is 1.48. The van der Waals surface area contributed by atoms with Gasteiger partial charge in [0, 0.05) is 45.5 Å². The number of rotatable bonds is 7. The Hall–Kier alpha value is -3.15. The molecule has 6 heteroatoms. The van der Waals surface area contributed by atoms with Crippen LogP contribution in [0.25, 0.3) is 0 Å². The summed E-state index contributed by atoms with van der Waals surface area (Å²) in [6, 6.07) is 16.9. The third-order valence-corrected chi connectivity index (χ3v) is 4.21. The van der Waals surface area contributed by atoms with Crippen LogP contribution in [0.15, 0.2) is 72.0 Å². The molecule has 0 fully saturated rings. The Morgan fingerprint density at radius 3 is 2.67 bits per heavy atom. The van der Waals surface area contributed by atoms with Crippen molar-refractivity contribution in [3.05, 3.63) is 89.8 Å². The van der Waals surface area contributed by atoms with E-state index in [0.717, 1.165) is 24.4 Å². The van der Waals surface area contributed by atoms with Gasteiger partial charge in [-0.25, -0.2) is 9.37 Å². The topological polar surface area (TPSA) is 54.2 Å². The molecular formula is C21H24FN5. The summed E-state index contributed by atoms with van der Waals surface area (Å²) in [5.74, 6) is 1.47. The zero-order chi connectivity index (χ0) is 18.9. The Morgan fingerprint density at radius 2 is 1.89 bits per heavy atom. The zero-order valence-electron chi connectivity index (χ0n) is 15.4. The molecule has 0 amide bonds. The summed E-state index contributed by atoms with van der Waals surface area (Å²) in [5.41, 5.74) is 2.12. The summed E-state index contributed by atoms with van der Waals surface area (Å²) in [5, 5.41) is 6.47. The van der Waals surface area contributed by atoms with Gasteiger partial charge in [0.2, 0.25) is 0 Å². The Kier molecular flexibility index (Phi) is 6.57. The molecule has 0 unspecified atom stereocenters. The maximum atomic E-state index is 13.2. The van der Waals surface area contributed by atoms with Gasteiger partial charge in [0.15, 0.2) is 5.96 Å². The molecule has 5 nitrogen and oxygen atoms in total. The molecule has 2 aromatic carbocycles. The van der Waals surface area contributed by atoms with E-state index in [-0.39, 0.29) is 5.82 Å². The molecule has 0 saturated carbocycles. The SMILES string of the molecule is CN=C(NCCc1nccn1Cc1ccccc1)NCc1cccc(F)c1. The van der Waals surface area contributed by atoms with Gasteiger partial charge in [-0.1, -0.05) is 42.5 Å². The zero-order valence-corrected chi connectivity index (χ0v) is 15.4. The van der Waals surface area contributed by atoms with Crippen LogP contribution in [0.3, 0.4) is 0 Å². The van der Waals surface area contributed by atoms with Gasteiger partial charge >= 0.3 is 0 Å². The molecule has 0 spiro atoms. The first-order valence-electron chi connectivity index (χ1n) is 8.97. The fourth-order valence-corrected chi connectivity index (χ4v) is 2.84. The van der Waals surface area contributed by atoms with Crippen LogP contribution in [0.1, 0.15) is 17.0 Å². The largest absolute Gasteiger partial charge is 0.356 e. The number of aliphatic imine (C=N–C) groups is 1. The first-order chi connectivity index (χ1) is 13.2. The van der Waals surface area contributed by atoms with Crippen molar-refractivity contribution in [1.82, 2.24) is 20.2 Å². The second-order valence-corrected chi connectivity index (χ2v) is 6.19. The molecular weight excluding hydrogens is 341 g/mol. The van der Waals surface area contributed by atoms with Crippen LogP contribution in [-0.2, 0) is 19.5 Å². The average molecular weight is 365 g/mol. The monoisotopic (exact) mass is 365 g/mol. The number of guanidine groups is 1. The molecule has 140 valence electrons. The van der Waals surface area contributed by atoms with Crippen molar-refractivity contribution >= 4 is 5.96 Å². The van der Waals surface area contributed by atoms with Crippen molar-refractivity contribution in [2.24, 2.45) is 4.99 Å². The smallest absolute Gasteiger partial charge is 0.191 e. The highest BCUT2D eigenvalue weighted by Crippen LogP contribution is 2.06. The number of halogens is 1. The van der Waals surface area contributed by atoms with Crippen LogP contribution in [0.2, 0.25) is 0 Å². The Labute approximate surface area is 159 Å². The fraction of sp³-hybridized carbons (Fsp3) is 0.238. The van der Waals surface area contributed by atoms with Crippen LogP contribution in [0.5, 0.6) is 0 Å². The number of nitrogens with zero attached hydrogens (tertiary/aromatic N) is 3. The highest BCUT2D eigenvalue weighted by molar-refractivity contribution is 5.79. The normalized spacial score (nSPS) is 11.4. The lowest BCUT2D eigenvalue weighted by atomic mass is 10.2. The molecule has 3 rings (SSSR count). The lowest BCUT2D eigenvalue weighted by Gasteiger charge is -2.13. The first kappa shape index (κ1) is 18.6. The van der Waals surface area contributed by atoms with Gasteiger partial charge in [-0.3, -0.25) is 4.99 Å². The molecule has 0 bridgehead atoms. The van der Waals surface area contributed by atoms with Crippen LogP contribution >= 0.6 is 0 Å². The second-order valence-electron chi connectivity index (χ2n) is 6.19. The van der Waals surface area contributed by atoms with Crippen molar-refractivity contribution in [3.8, 4) is 0 Å². The highest BCUT2D eigenvalue weighted by atomic mass is 19.1. The van der Waals surface area contributed by atoms with Gasteiger partial charge in [0.1, 0.15) is 11.6 Å². The quantitative estimate of drug-likeness (QED) is 0.500. The second kappa shape index (κ2) is 9.52. The molecule has 0 aliphatic carbocycles. The Morgan fingerprint density at radius 1 is 1.07 bits per heavy atom. The van der Waals surface area contributed by atoms with Crippen LogP contribution < -0.4 is 10.6 Å². The van der Waals surface area contributed by atoms with Crippen LogP contribution in [-0.4, -0.2) is 29.1 Å². The molecule has 0 radical (unpaired) electrons. The number of imidazole rings is 1. The molecule has 0 atom stereocenters. The highest BCUT2D eigenvalue weighted by Gasteiger charge is 2.05. The molecule has 0 aliphatic heterocycles. The molecule has 1 aromatic heterocycles. The van der Waals surface area contributed by atoms with Crippen molar-refractivity contribution < 1.29 is 4.39 Å². The minimum Gasteiger partial charge on any atom is -0.356 e. The maximum Gasteiger partial charge on any atom is 0.191 e. The van der Waals surface area contributed by atoms with E-state index in [0.29, 0.717) is 19.0 Å². The number of benzene rings is 2. The predicted molar refractivity (Wildman–Crippen MR) is 106 cm³/mol. The summed E-state index contributed by atoms with van der Waals surface area (Å²) in [6.07, 6.45) is 4.61. The van der Waals surface area contributed by atoms with E-state index in [9.17, 15) is 4.39 Å². The van der Waals surface area contributed by atoms with Crippen molar-refractivity contribution in [1.29, 1.82) is 0 Å². The summed E-state index contributed by atoms with van der Waals surface area (Å²) in [6.45, 7) is 2.03. The van der Waals surface area contributed by atoms with Gasteiger partial charge in [0.25, 0.3) is 0 Å². The third kappa shape index (κ3) is 5.67. The third-order valence-electron chi connectivity index (χ3n) is 4.21. The Bertz CT molecular complexity index is 873. The van der Waals surface area contributed by atoms with E-state index in [1.807, 2.05) is 36.7 Å². The van der Waals surface area contributed by atoms with Crippen LogP contribution in [0.4, 0.5) is 4.39 Å². The minimum absolute atomic E-state index is 0.234. The van der Waals surface area contributed by atoms with E-state index in [4.69, 9.17) is 0 Å². The summed E-state index contributed by atoms with van der Waals surface area (Å²) < 4.78 is 15.4. The van der Waals surface area contributed by atoms with Gasteiger partial charge in [-0.05, 0) is 23.3 Å². The van der Waals surface area contributed by atoms with Crippen molar-refractivity contribution in [2.75, 3.05) is 13.6 Å². The summed E-state index contributed by atoms with van der Waals surface area (Å²) >= 11 is 0. The van der Waals surface area contributed by atoms with E-state index in [2.05, 4.69) is 37.3 Å². The fourth-order valence-electron chi connectivity index (χ4n) is 2.84. The number of hydrogen-bond donors (Lipinski definition) is 2. The summed E-state index contributed by atoms with van der Waals surface area (Å²) in [4.78, 5) is 8.67. The van der Waals surface area contributed by atoms with Gasteiger partial charge in [0.05, 0.1) is 0 Å². The van der Waals surface area contributed by atoms with E-state index in [1.165, 1.54) is 17.7 Å². The van der Waals surface area contributed by atoms with Gasteiger partial charge in [-0.15, -0.1) is 0 Å². The van der Waals surface area contributed by atoms with Gasteiger partial charge in [-0.2, -0.15) is 0 Å². The van der Waals surface area contributed by atoms with Crippen molar-refractivity contribution in [3.63, 3.8) is 0 Å². The van der Waals surface area contributed by atoms with Crippen molar-refractivity contribution in [2.45, 2.75) is 19.5 Å². The summed E-state index contributed by atoms with van der Waals surface area (Å²) in [7, 11) is 1.72. The standard InChI is InChI=1S/C21H24FN5/c1-23-21(26-15-18-8-5-9-19(22)14-18)25-11-10-20-24-12-13-27(20)16-17-6-3-2-4-7-17/h2-9,12-14H,10-11,15-16H2,1H3,(H2,23,25,26). The minimum atomic E-state index is -0.234. The van der Waals surface area contributed by atoms with Crippen LogP contribution in [0, 0.1) is 5.82 Å². The first-order valence-corrected chi connectivity index (χ1v) is 8.97. The van der Waals surface area contributed by atoms with E-state index >= 15 is 0 Å². The lowest BCUT2D eigenvalue weighted by Crippen LogP contribution is -2.38. The molecule has 27 heavy (non-hydrogen) atoms. The molecule has 0 saturated heterocycles. The lowest BCUT2D eigenvalue weighted by molar-refractivity contribution is 0.624. The number of nitrogens with one attached hydrogen (secondary N) is 2. The van der Waals surface area contributed by atoms with Gasteiger partial charge < -0.3 is 15.2 Å². The molecule has 3 aromatic rings. The van der Waals surface area contributed by atoms with E-state index < -0.39 is 0 Å². The molecule has 2 N–H and O–H groups in total. The molecule has 0 aliphatic rings. The molecule has 1 heterocycles.